The molecule has 102 valence electrons. The minimum atomic E-state index is 0.195. The van der Waals surface area contributed by atoms with Gasteiger partial charge in [-0.3, -0.25) is 0 Å². The second kappa shape index (κ2) is 5.72. The zero-order chi connectivity index (χ0) is 13.1. The number of rotatable bonds is 4. The first-order valence-electron chi connectivity index (χ1n) is 6.84. The summed E-state index contributed by atoms with van der Waals surface area (Å²) < 4.78 is 5.55. The van der Waals surface area contributed by atoms with E-state index in [0.29, 0.717) is 5.41 Å². The van der Waals surface area contributed by atoms with Crippen molar-refractivity contribution in [2.75, 3.05) is 19.8 Å². The van der Waals surface area contributed by atoms with Gasteiger partial charge in [-0.2, -0.15) is 0 Å². The zero-order valence-electron chi connectivity index (χ0n) is 11.8. The lowest BCUT2D eigenvalue weighted by Gasteiger charge is -2.39. The van der Waals surface area contributed by atoms with Gasteiger partial charge in [-0.25, -0.2) is 0 Å². The molecule has 0 bridgehead atoms. The van der Waals surface area contributed by atoms with Crippen molar-refractivity contribution in [3.05, 3.63) is 22.4 Å². The molecule has 0 atom stereocenters. The van der Waals surface area contributed by atoms with E-state index in [2.05, 4.69) is 43.6 Å². The van der Waals surface area contributed by atoms with Crippen molar-refractivity contribution in [3.63, 3.8) is 0 Å². The van der Waals surface area contributed by atoms with Crippen LogP contribution >= 0.6 is 11.3 Å². The molecule has 1 aliphatic rings. The van der Waals surface area contributed by atoms with Gasteiger partial charge in [-0.15, -0.1) is 11.3 Å². The Morgan fingerprint density at radius 1 is 1.33 bits per heavy atom. The van der Waals surface area contributed by atoms with Gasteiger partial charge in [0.25, 0.3) is 0 Å². The average Bonchev–Trinajstić information content (AvgIpc) is 2.80. The van der Waals surface area contributed by atoms with Gasteiger partial charge < -0.3 is 10.1 Å². The first kappa shape index (κ1) is 14.0. The van der Waals surface area contributed by atoms with Crippen molar-refractivity contribution in [2.45, 2.75) is 45.6 Å². The highest BCUT2D eigenvalue weighted by molar-refractivity contribution is 7.09. The Kier molecular flexibility index (Phi) is 4.46. The molecule has 0 radical (unpaired) electrons. The Morgan fingerprint density at radius 3 is 2.61 bits per heavy atom. The summed E-state index contributed by atoms with van der Waals surface area (Å²) in [4.78, 5) is 1.51. The van der Waals surface area contributed by atoms with Gasteiger partial charge >= 0.3 is 0 Å². The Balaban J connectivity index is 2.02. The lowest BCUT2D eigenvalue weighted by molar-refractivity contribution is 0.0125. The van der Waals surface area contributed by atoms with E-state index in [1.54, 1.807) is 0 Å². The highest BCUT2D eigenvalue weighted by Gasteiger charge is 2.33. The van der Waals surface area contributed by atoms with Gasteiger partial charge in [0.15, 0.2) is 0 Å². The molecule has 0 aromatic carbocycles. The normalized spacial score (nSPS) is 19.9. The maximum Gasteiger partial charge on any atom is 0.0471 e. The monoisotopic (exact) mass is 267 g/mol. The van der Waals surface area contributed by atoms with Gasteiger partial charge in [-0.05, 0) is 56.9 Å². The fourth-order valence-corrected chi connectivity index (χ4v) is 3.33. The molecule has 18 heavy (non-hydrogen) atoms. The van der Waals surface area contributed by atoms with Gasteiger partial charge in [0.2, 0.25) is 0 Å². The van der Waals surface area contributed by atoms with Gasteiger partial charge in [-0.1, -0.05) is 6.07 Å². The molecule has 3 heteroatoms. The predicted octanol–water partition coefficient (Wildman–Crippen LogP) is 3.48. The third-order valence-electron chi connectivity index (χ3n) is 3.68. The SMILES string of the molecule is CC(C)(C)NCC1(Cc2cccs2)CCOCC1. The van der Waals surface area contributed by atoms with Crippen LogP contribution in [0.3, 0.4) is 0 Å². The third-order valence-corrected chi connectivity index (χ3v) is 4.55. The molecule has 2 rings (SSSR count). The first-order chi connectivity index (χ1) is 8.49. The van der Waals surface area contributed by atoms with E-state index in [1.807, 2.05) is 11.3 Å². The second-order valence-corrected chi connectivity index (χ2v) is 7.50. The molecule has 1 N–H and O–H groups in total. The van der Waals surface area contributed by atoms with E-state index in [1.165, 1.54) is 24.1 Å². The summed E-state index contributed by atoms with van der Waals surface area (Å²) in [5.41, 5.74) is 0.580. The molecule has 1 fully saturated rings. The Hall–Kier alpha value is -0.380. The maximum atomic E-state index is 5.55. The van der Waals surface area contributed by atoms with E-state index in [0.717, 1.165) is 19.8 Å². The third kappa shape index (κ3) is 4.08. The fourth-order valence-electron chi connectivity index (χ4n) is 2.46. The van der Waals surface area contributed by atoms with Crippen LogP contribution in [0.5, 0.6) is 0 Å². The number of hydrogen-bond acceptors (Lipinski definition) is 3. The molecule has 0 spiro atoms. The zero-order valence-corrected chi connectivity index (χ0v) is 12.6. The van der Waals surface area contributed by atoms with Crippen LogP contribution in [0.2, 0.25) is 0 Å². The van der Waals surface area contributed by atoms with E-state index < -0.39 is 0 Å². The number of thiophene rings is 1. The van der Waals surface area contributed by atoms with Crippen molar-refractivity contribution in [1.29, 1.82) is 0 Å². The Labute approximate surface area is 115 Å². The van der Waals surface area contributed by atoms with Gasteiger partial charge in [0.1, 0.15) is 0 Å². The van der Waals surface area contributed by atoms with Crippen LogP contribution in [0, 0.1) is 5.41 Å². The quantitative estimate of drug-likeness (QED) is 0.902. The molecule has 2 nitrogen and oxygen atoms in total. The molecule has 1 aliphatic heterocycles. The van der Waals surface area contributed by atoms with E-state index in [-0.39, 0.29) is 5.54 Å². The molecule has 0 aliphatic carbocycles. The Bertz CT molecular complexity index is 347. The fraction of sp³-hybridized carbons (Fsp3) is 0.733. The molecule has 0 unspecified atom stereocenters. The van der Waals surface area contributed by atoms with E-state index in [9.17, 15) is 0 Å². The van der Waals surface area contributed by atoms with Crippen LogP contribution < -0.4 is 5.32 Å². The van der Waals surface area contributed by atoms with Crippen LogP contribution in [-0.2, 0) is 11.2 Å². The summed E-state index contributed by atoms with van der Waals surface area (Å²) in [6.45, 7) is 9.65. The standard InChI is InChI=1S/C15H25NOS/c1-14(2,3)16-12-15(6-8-17-9-7-15)11-13-5-4-10-18-13/h4-5,10,16H,6-9,11-12H2,1-3H3. The van der Waals surface area contributed by atoms with Crippen LogP contribution in [0.25, 0.3) is 0 Å². The lowest BCUT2D eigenvalue weighted by Crippen LogP contribution is -2.47. The molecule has 1 aromatic rings. The number of hydrogen-bond donors (Lipinski definition) is 1. The van der Waals surface area contributed by atoms with Crippen molar-refractivity contribution < 1.29 is 4.74 Å². The van der Waals surface area contributed by atoms with Crippen molar-refractivity contribution in [1.82, 2.24) is 5.32 Å². The summed E-state index contributed by atoms with van der Waals surface area (Å²) in [5, 5.41) is 5.87. The average molecular weight is 267 g/mol. The molecule has 0 amide bonds. The Morgan fingerprint density at radius 2 is 2.06 bits per heavy atom. The minimum Gasteiger partial charge on any atom is -0.381 e. The smallest absolute Gasteiger partial charge is 0.0471 e. The molecule has 0 saturated carbocycles. The highest BCUT2D eigenvalue weighted by Crippen LogP contribution is 2.35. The van der Waals surface area contributed by atoms with Crippen LogP contribution in [0.4, 0.5) is 0 Å². The second-order valence-electron chi connectivity index (χ2n) is 6.47. The maximum absolute atomic E-state index is 5.55. The summed E-state index contributed by atoms with van der Waals surface area (Å²) in [5.74, 6) is 0. The topological polar surface area (TPSA) is 21.3 Å². The van der Waals surface area contributed by atoms with Gasteiger partial charge in [0, 0.05) is 30.2 Å². The number of nitrogens with one attached hydrogen (secondary N) is 1. The van der Waals surface area contributed by atoms with Crippen LogP contribution in [0.1, 0.15) is 38.5 Å². The van der Waals surface area contributed by atoms with E-state index in [4.69, 9.17) is 4.74 Å². The molecular formula is C15H25NOS. The molecule has 2 heterocycles. The summed E-state index contributed by atoms with van der Waals surface area (Å²) in [6.07, 6.45) is 3.54. The van der Waals surface area contributed by atoms with Crippen molar-refractivity contribution in [2.24, 2.45) is 5.41 Å². The lowest BCUT2D eigenvalue weighted by atomic mass is 9.76. The largest absolute Gasteiger partial charge is 0.381 e. The molecule has 1 saturated heterocycles. The van der Waals surface area contributed by atoms with Gasteiger partial charge in [0.05, 0.1) is 0 Å². The van der Waals surface area contributed by atoms with Crippen LogP contribution in [0.15, 0.2) is 17.5 Å². The van der Waals surface area contributed by atoms with E-state index >= 15 is 0 Å². The summed E-state index contributed by atoms with van der Waals surface area (Å²) in [7, 11) is 0. The molecular weight excluding hydrogens is 242 g/mol. The van der Waals surface area contributed by atoms with Crippen LogP contribution in [-0.4, -0.2) is 25.3 Å². The van der Waals surface area contributed by atoms with Crippen molar-refractivity contribution in [3.8, 4) is 0 Å². The summed E-state index contributed by atoms with van der Waals surface area (Å²) in [6, 6.07) is 4.42. The first-order valence-corrected chi connectivity index (χ1v) is 7.72. The number of ether oxygens (including phenoxy) is 1. The summed E-state index contributed by atoms with van der Waals surface area (Å²) >= 11 is 1.88. The highest BCUT2D eigenvalue weighted by atomic mass is 32.1. The van der Waals surface area contributed by atoms with Crippen molar-refractivity contribution >= 4 is 11.3 Å². The molecule has 1 aromatic heterocycles. The predicted molar refractivity (Wildman–Crippen MR) is 78.3 cm³/mol. The minimum absolute atomic E-state index is 0.195.